The van der Waals surface area contributed by atoms with Gasteiger partial charge in [0.25, 0.3) is 0 Å². The van der Waals surface area contributed by atoms with Crippen molar-refractivity contribution >= 4 is 22.7 Å². The molecule has 1 unspecified atom stereocenters. The molecule has 96 valence electrons. The summed E-state index contributed by atoms with van der Waals surface area (Å²) in [5.41, 5.74) is 9.69. The van der Waals surface area contributed by atoms with Crippen molar-refractivity contribution < 1.29 is 0 Å². The van der Waals surface area contributed by atoms with E-state index < -0.39 is 0 Å². The highest BCUT2D eigenvalue weighted by molar-refractivity contribution is 7.15. The molecule has 5 heteroatoms. The third-order valence-electron chi connectivity index (χ3n) is 2.95. The van der Waals surface area contributed by atoms with Crippen molar-refractivity contribution in [3.63, 3.8) is 0 Å². The number of rotatable bonds is 3. The fourth-order valence-corrected chi connectivity index (χ4v) is 3.71. The fourth-order valence-electron chi connectivity index (χ4n) is 1.85. The number of nitrogens with zero attached hydrogens (tertiary/aromatic N) is 2. The van der Waals surface area contributed by atoms with Crippen LogP contribution < -0.4 is 5.73 Å². The molecule has 0 spiro atoms. The number of thiophene rings is 1. The largest absolute Gasteiger partial charge is 0.318 e. The van der Waals surface area contributed by atoms with Gasteiger partial charge in [0.05, 0.1) is 6.04 Å². The van der Waals surface area contributed by atoms with Gasteiger partial charge in [-0.3, -0.25) is 0 Å². The number of nitrogens with two attached hydrogens (primary N) is 1. The van der Waals surface area contributed by atoms with Crippen LogP contribution in [-0.4, -0.2) is 10.2 Å². The SMILES string of the molecule is Cc1cscc1-c1nnc(C(N)c2ccccc2)s1. The van der Waals surface area contributed by atoms with Crippen LogP contribution in [-0.2, 0) is 0 Å². The summed E-state index contributed by atoms with van der Waals surface area (Å²) in [7, 11) is 0. The molecule has 0 saturated carbocycles. The summed E-state index contributed by atoms with van der Waals surface area (Å²) < 4.78 is 0. The Morgan fingerprint density at radius 1 is 1.11 bits per heavy atom. The van der Waals surface area contributed by atoms with E-state index in [0.717, 1.165) is 21.1 Å². The molecule has 1 atom stereocenters. The average molecular weight is 287 g/mol. The first kappa shape index (κ1) is 12.5. The zero-order valence-electron chi connectivity index (χ0n) is 10.4. The molecule has 2 N–H and O–H groups in total. The number of aryl methyl sites for hydroxylation is 1. The number of aromatic nitrogens is 2. The number of hydrogen-bond acceptors (Lipinski definition) is 5. The molecule has 1 aromatic carbocycles. The van der Waals surface area contributed by atoms with Crippen LogP contribution in [0.1, 0.15) is 22.2 Å². The first-order valence-electron chi connectivity index (χ1n) is 5.93. The third kappa shape index (κ3) is 2.45. The van der Waals surface area contributed by atoms with Gasteiger partial charge in [0.15, 0.2) is 0 Å². The van der Waals surface area contributed by atoms with Crippen molar-refractivity contribution in [1.82, 2.24) is 10.2 Å². The maximum Gasteiger partial charge on any atom is 0.148 e. The van der Waals surface area contributed by atoms with Gasteiger partial charge in [0, 0.05) is 10.9 Å². The van der Waals surface area contributed by atoms with Crippen LogP contribution in [0, 0.1) is 6.92 Å². The fraction of sp³-hybridized carbons (Fsp3) is 0.143. The highest BCUT2D eigenvalue weighted by Gasteiger charge is 2.16. The lowest BCUT2D eigenvalue weighted by Crippen LogP contribution is -2.11. The molecule has 3 nitrogen and oxygen atoms in total. The minimum absolute atomic E-state index is 0.202. The lowest BCUT2D eigenvalue weighted by Gasteiger charge is -2.06. The Bertz CT molecular complexity index is 673. The molecule has 0 amide bonds. The lowest BCUT2D eigenvalue weighted by atomic mass is 10.1. The molecule has 0 bridgehead atoms. The lowest BCUT2D eigenvalue weighted by molar-refractivity contribution is 0.831. The predicted molar refractivity (Wildman–Crippen MR) is 80.4 cm³/mol. The Hall–Kier alpha value is -1.56. The van der Waals surface area contributed by atoms with E-state index in [1.807, 2.05) is 30.3 Å². The van der Waals surface area contributed by atoms with Crippen LogP contribution in [0.4, 0.5) is 0 Å². The predicted octanol–water partition coefficient (Wildman–Crippen LogP) is 3.62. The van der Waals surface area contributed by atoms with Crippen LogP contribution in [0.15, 0.2) is 41.1 Å². The summed E-state index contributed by atoms with van der Waals surface area (Å²) in [6.45, 7) is 2.09. The summed E-state index contributed by atoms with van der Waals surface area (Å²) in [6.07, 6.45) is 0. The Kier molecular flexibility index (Phi) is 3.42. The Morgan fingerprint density at radius 2 is 1.89 bits per heavy atom. The van der Waals surface area contributed by atoms with Crippen molar-refractivity contribution in [2.24, 2.45) is 5.73 Å². The van der Waals surface area contributed by atoms with Crippen molar-refractivity contribution in [2.45, 2.75) is 13.0 Å². The van der Waals surface area contributed by atoms with Crippen LogP contribution in [0.5, 0.6) is 0 Å². The number of benzene rings is 1. The van der Waals surface area contributed by atoms with Gasteiger partial charge in [-0.15, -0.1) is 10.2 Å². The summed E-state index contributed by atoms with van der Waals surface area (Å²) in [5, 5.41) is 14.5. The monoisotopic (exact) mass is 287 g/mol. The Labute approximate surface area is 119 Å². The molecule has 0 saturated heterocycles. The highest BCUT2D eigenvalue weighted by atomic mass is 32.1. The van der Waals surface area contributed by atoms with E-state index in [2.05, 4.69) is 27.9 Å². The molecule has 0 radical (unpaired) electrons. The minimum Gasteiger partial charge on any atom is -0.318 e. The van der Waals surface area contributed by atoms with Gasteiger partial charge < -0.3 is 5.73 Å². The molecule has 0 aliphatic heterocycles. The summed E-state index contributed by atoms with van der Waals surface area (Å²) in [6, 6.07) is 9.78. The molecule has 3 rings (SSSR count). The van der Waals surface area contributed by atoms with Crippen molar-refractivity contribution in [2.75, 3.05) is 0 Å². The van der Waals surface area contributed by atoms with E-state index in [9.17, 15) is 0 Å². The maximum atomic E-state index is 6.23. The summed E-state index contributed by atoms with van der Waals surface area (Å²) in [5.74, 6) is 0. The van der Waals surface area contributed by atoms with Gasteiger partial charge in [0.1, 0.15) is 10.0 Å². The van der Waals surface area contributed by atoms with Gasteiger partial charge in [-0.2, -0.15) is 11.3 Å². The van der Waals surface area contributed by atoms with Crippen molar-refractivity contribution in [1.29, 1.82) is 0 Å². The van der Waals surface area contributed by atoms with Crippen LogP contribution in [0.25, 0.3) is 10.6 Å². The van der Waals surface area contributed by atoms with Gasteiger partial charge in [-0.05, 0) is 23.4 Å². The van der Waals surface area contributed by atoms with E-state index in [-0.39, 0.29) is 6.04 Å². The number of hydrogen-bond donors (Lipinski definition) is 1. The molecular weight excluding hydrogens is 274 g/mol. The van der Waals surface area contributed by atoms with Crippen LogP contribution in [0.3, 0.4) is 0 Å². The molecule has 3 aromatic rings. The van der Waals surface area contributed by atoms with Crippen LogP contribution in [0.2, 0.25) is 0 Å². The first-order valence-corrected chi connectivity index (χ1v) is 7.68. The second kappa shape index (κ2) is 5.21. The first-order chi connectivity index (χ1) is 9.25. The summed E-state index contributed by atoms with van der Waals surface area (Å²) in [4.78, 5) is 0. The molecule has 0 aliphatic rings. The van der Waals surface area contributed by atoms with Gasteiger partial charge in [-0.1, -0.05) is 41.7 Å². The van der Waals surface area contributed by atoms with Crippen molar-refractivity contribution in [3.05, 3.63) is 57.2 Å². The molecular formula is C14H13N3S2. The Balaban J connectivity index is 1.92. The van der Waals surface area contributed by atoms with Crippen molar-refractivity contribution in [3.8, 4) is 10.6 Å². The molecule has 0 aliphatic carbocycles. The standard InChI is InChI=1S/C14H13N3S2/c1-9-7-18-8-11(9)13-16-17-14(19-13)12(15)10-5-3-2-4-6-10/h2-8,12H,15H2,1H3. The molecule has 2 heterocycles. The molecule has 0 fully saturated rings. The van der Waals surface area contributed by atoms with Gasteiger partial charge in [0.2, 0.25) is 0 Å². The van der Waals surface area contributed by atoms with E-state index in [4.69, 9.17) is 5.73 Å². The van der Waals surface area contributed by atoms with Crippen LogP contribution >= 0.6 is 22.7 Å². The maximum absolute atomic E-state index is 6.23. The van der Waals surface area contributed by atoms with E-state index in [0.29, 0.717) is 0 Å². The van der Waals surface area contributed by atoms with Gasteiger partial charge >= 0.3 is 0 Å². The topological polar surface area (TPSA) is 51.8 Å². The Morgan fingerprint density at radius 3 is 2.58 bits per heavy atom. The zero-order valence-corrected chi connectivity index (χ0v) is 12.0. The average Bonchev–Trinajstić information content (AvgIpc) is 3.07. The zero-order chi connectivity index (χ0) is 13.2. The van der Waals surface area contributed by atoms with E-state index in [1.165, 1.54) is 5.56 Å². The molecule has 19 heavy (non-hydrogen) atoms. The van der Waals surface area contributed by atoms with Gasteiger partial charge in [-0.25, -0.2) is 0 Å². The third-order valence-corrected chi connectivity index (χ3v) is 4.85. The van der Waals surface area contributed by atoms with E-state index in [1.54, 1.807) is 22.7 Å². The minimum atomic E-state index is -0.202. The second-order valence-corrected chi connectivity index (χ2v) is 6.05. The second-order valence-electron chi connectivity index (χ2n) is 4.30. The normalized spacial score (nSPS) is 12.5. The smallest absolute Gasteiger partial charge is 0.148 e. The summed E-state index contributed by atoms with van der Waals surface area (Å²) >= 11 is 3.25. The highest BCUT2D eigenvalue weighted by Crippen LogP contribution is 2.32. The van der Waals surface area contributed by atoms with E-state index >= 15 is 0 Å². The molecule has 2 aromatic heterocycles. The quantitative estimate of drug-likeness (QED) is 0.800.